The number of carbonyl (C=O) groups is 2. The van der Waals surface area contributed by atoms with Gasteiger partial charge in [0.2, 0.25) is 0 Å². The molecule has 0 atom stereocenters. The van der Waals surface area contributed by atoms with Crippen LogP contribution in [-0.2, 0) is 12.4 Å². The standard InChI is InChI=1S/C16H6BrF6NO2/c17-12-10(16(21,22)23)5-7(15(18,19)20)6-11(12)24-13(25)8-3-1-2-4-9(8)14(24)26/h1-6H. The minimum atomic E-state index is -5.13. The highest BCUT2D eigenvalue weighted by molar-refractivity contribution is 9.10. The minimum absolute atomic E-state index is 0.0776. The minimum Gasteiger partial charge on any atom is -0.268 e. The van der Waals surface area contributed by atoms with Crippen LogP contribution in [0.5, 0.6) is 0 Å². The van der Waals surface area contributed by atoms with E-state index in [-0.39, 0.29) is 17.2 Å². The van der Waals surface area contributed by atoms with Crippen molar-refractivity contribution in [2.45, 2.75) is 12.4 Å². The zero-order valence-electron chi connectivity index (χ0n) is 12.4. The smallest absolute Gasteiger partial charge is 0.268 e. The highest BCUT2D eigenvalue weighted by Gasteiger charge is 2.43. The van der Waals surface area contributed by atoms with E-state index in [1.165, 1.54) is 24.3 Å². The lowest BCUT2D eigenvalue weighted by atomic mass is 10.1. The van der Waals surface area contributed by atoms with Crippen LogP contribution in [0.15, 0.2) is 40.9 Å². The van der Waals surface area contributed by atoms with Gasteiger partial charge in [-0.15, -0.1) is 0 Å². The molecule has 10 heteroatoms. The van der Waals surface area contributed by atoms with Gasteiger partial charge in [-0.25, -0.2) is 4.90 Å². The quantitative estimate of drug-likeness (QED) is 0.449. The Morgan fingerprint density at radius 1 is 0.808 bits per heavy atom. The summed E-state index contributed by atoms with van der Waals surface area (Å²) in [4.78, 5) is 25.1. The van der Waals surface area contributed by atoms with Gasteiger partial charge in [0, 0.05) is 0 Å². The molecular formula is C16H6BrF6NO2. The highest BCUT2D eigenvalue weighted by Crippen LogP contribution is 2.45. The third kappa shape index (κ3) is 2.87. The Hall–Kier alpha value is -2.36. The fraction of sp³-hybridized carbons (Fsp3) is 0.125. The van der Waals surface area contributed by atoms with E-state index in [9.17, 15) is 35.9 Å². The maximum atomic E-state index is 13.2. The van der Waals surface area contributed by atoms with Crippen molar-refractivity contribution in [3.05, 3.63) is 63.1 Å². The van der Waals surface area contributed by atoms with Crippen LogP contribution >= 0.6 is 15.9 Å². The van der Waals surface area contributed by atoms with Gasteiger partial charge in [0.15, 0.2) is 0 Å². The van der Waals surface area contributed by atoms with Crippen LogP contribution in [-0.4, -0.2) is 11.8 Å². The number of benzene rings is 2. The second kappa shape index (κ2) is 5.83. The second-order valence-electron chi connectivity index (χ2n) is 5.34. The summed E-state index contributed by atoms with van der Waals surface area (Å²) in [6.07, 6.45) is -10.2. The van der Waals surface area contributed by atoms with E-state index in [4.69, 9.17) is 0 Å². The third-order valence-corrected chi connectivity index (χ3v) is 4.55. The first-order valence-electron chi connectivity index (χ1n) is 6.88. The van der Waals surface area contributed by atoms with Crippen LogP contribution in [0.3, 0.4) is 0 Å². The lowest BCUT2D eigenvalue weighted by Crippen LogP contribution is -2.30. The maximum Gasteiger partial charge on any atom is 0.417 e. The highest BCUT2D eigenvalue weighted by atomic mass is 79.9. The summed E-state index contributed by atoms with van der Waals surface area (Å²) >= 11 is 2.59. The molecule has 26 heavy (non-hydrogen) atoms. The molecular weight excluding hydrogens is 432 g/mol. The normalized spacial score (nSPS) is 14.8. The molecule has 0 spiro atoms. The van der Waals surface area contributed by atoms with Gasteiger partial charge in [0.25, 0.3) is 11.8 Å². The van der Waals surface area contributed by atoms with Crippen LogP contribution in [0.4, 0.5) is 32.0 Å². The molecule has 2 aromatic carbocycles. The number of nitrogens with zero attached hydrogens (tertiary/aromatic N) is 1. The summed E-state index contributed by atoms with van der Waals surface area (Å²) in [6.45, 7) is 0. The molecule has 2 aromatic rings. The predicted molar refractivity (Wildman–Crippen MR) is 81.7 cm³/mol. The van der Waals surface area contributed by atoms with Crippen molar-refractivity contribution in [3.63, 3.8) is 0 Å². The Labute approximate surface area is 150 Å². The van der Waals surface area contributed by atoms with Crippen LogP contribution in [0.1, 0.15) is 31.8 Å². The largest absolute Gasteiger partial charge is 0.417 e. The number of amides is 2. The molecule has 2 amide bonds. The van der Waals surface area contributed by atoms with Gasteiger partial charge in [-0.1, -0.05) is 12.1 Å². The van der Waals surface area contributed by atoms with Crippen LogP contribution in [0.2, 0.25) is 0 Å². The Morgan fingerprint density at radius 3 is 1.73 bits per heavy atom. The van der Waals surface area contributed by atoms with Gasteiger partial charge >= 0.3 is 12.4 Å². The molecule has 0 saturated carbocycles. The molecule has 0 aromatic heterocycles. The Balaban J connectivity index is 2.26. The molecule has 1 aliphatic rings. The van der Waals surface area contributed by atoms with E-state index in [1.54, 1.807) is 0 Å². The molecule has 0 unspecified atom stereocenters. The summed E-state index contributed by atoms with van der Waals surface area (Å²) < 4.78 is 77.8. The number of halogens is 7. The summed E-state index contributed by atoms with van der Waals surface area (Å²) in [5.74, 6) is -2.00. The van der Waals surface area contributed by atoms with Gasteiger partial charge in [-0.3, -0.25) is 9.59 Å². The maximum absolute atomic E-state index is 13.2. The molecule has 1 heterocycles. The summed E-state index contributed by atoms with van der Waals surface area (Å²) in [7, 11) is 0. The average Bonchev–Trinajstić information content (AvgIpc) is 2.78. The Morgan fingerprint density at radius 2 is 1.31 bits per heavy atom. The number of rotatable bonds is 1. The number of anilines is 1. The first-order valence-corrected chi connectivity index (χ1v) is 7.68. The van der Waals surface area contributed by atoms with Crippen molar-refractivity contribution in [2.75, 3.05) is 4.90 Å². The summed E-state index contributed by atoms with van der Waals surface area (Å²) in [5.41, 5.74) is -4.29. The first kappa shape index (κ1) is 18.4. The Bertz CT molecular complexity index is 900. The van der Waals surface area contributed by atoms with Crippen molar-refractivity contribution in [1.29, 1.82) is 0 Å². The third-order valence-electron chi connectivity index (χ3n) is 3.72. The topological polar surface area (TPSA) is 37.4 Å². The summed E-state index contributed by atoms with van der Waals surface area (Å²) in [5, 5.41) is 0. The van der Waals surface area contributed by atoms with Crippen LogP contribution < -0.4 is 4.90 Å². The van der Waals surface area contributed by atoms with Crippen molar-refractivity contribution >= 4 is 33.4 Å². The fourth-order valence-electron chi connectivity index (χ4n) is 2.55. The number of hydrogen-bond acceptors (Lipinski definition) is 2. The average molecular weight is 438 g/mol. The molecule has 0 bridgehead atoms. The molecule has 1 aliphatic heterocycles. The Kier molecular flexibility index (Phi) is 4.13. The van der Waals surface area contributed by atoms with Crippen molar-refractivity contribution in [3.8, 4) is 0 Å². The van der Waals surface area contributed by atoms with E-state index >= 15 is 0 Å². The first-order chi connectivity index (χ1) is 11.9. The zero-order chi connectivity index (χ0) is 19.4. The van der Waals surface area contributed by atoms with E-state index in [0.717, 1.165) is 0 Å². The van der Waals surface area contributed by atoms with Crippen molar-refractivity contribution in [1.82, 2.24) is 0 Å². The van der Waals surface area contributed by atoms with Gasteiger partial charge in [0.1, 0.15) is 0 Å². The molecule has 0 aliphatic carbocycles. The molecule has 3 rings (SSSR count). The molecule has 136 valence electrons. The van der Waals surface area contributed by atoms with Gasteiger partial charge in [-0.2, -0.15) is 26.3 Å². The van der Waals surface area contributed by atoms with Gasteiger partial charge in [-0.05, 0) is 40.2 Å². The molecule has 0 fully saturated rings. The van der Waals surface area contributed by atoms with E-state index in [2.05, 4.69) is 15.9 Å². The number of carbonyl (C=O) groups excluding carboxylic acids is 2. The monoisotopic (exact) mass is 437 g/mol. The van der Waals surface area contributed by atoms with Crippen molar-refractivity contribution in [2.24, 2.45) is 0 Å². The van der Waals surface area contributed by atoms with Crippen LogP contribution in [0, 0.1) is 0 Å². The van der Waals surface area contributed by atoms with Crippen molar-refractivity contribution < 1.29 is 35.9 Å². The SMILES string of the molecule is O=C1c2ccccc2C(=O)N1c1cc(C(F)(F)F)cc(C(F)(F)F)c1Br. The molecule has 3 nitrogen and oxygen atoms in total. The van der Waals surface area contributed by atoms with Crippen LogP contribution in [0.25, 0.3) is 0 Å². The lowest BCUT2D eigenvalue weighted by Gasteiger charge is -2.21. The number of imide groups is 1. The predicted octanol–water partition coefficient (Wildman–Crippen LogP) is 5.29. The van der Waals surface area contributed by atoms with Gasteiger partial charge in [0.05, 0.1) is 32.4 Å². The number of alkyl halides is 6. The summed E-state index contributed by atoms with van der Waals surface area (Å²) in [6, 6.07) is 5.64. The number of hydrogen-bond donors (Lipinski definition) is 0. The lowest BCUT2D eigenvalue weighted by molar-refractivity contribution is -0.143. The van der Waals surface area contributed by atoms with E-state index in [0.29, 0.717) is 11.0 Å². The van der Waals surface area contributed by atoms with E-state index < -0.39 is 45.5 Å². The van der Waals surface area contributed by atoms with E-state index in [1.807, 2.05) is 0 Å². The van der Waals surface area contributed by atoms with Gasteiger partial charge < -0.3 is 0 Å². The second-order valence-corrected chi connectivity index (χ2v) is 6.14. The molecule has 0 N–H and O–H groups in total. The zero-order valence-corrected chi connectivity index (χ0v) is 14.0. The number of fused-ring (bicyclic) bond motifs is 1. The molecule has 0 saturated heterocycles. The fourth-order valence-corrected chi connectivity index (χ4v) is 3.18. The molecule has 0 radical (unpaired) electrons.